The number of aromatic nitrogens is 2. The highest BCUT2D eigenvalue weighted by Crippen LogP contribution is 2.39. The molecule has 1 aliphatic rings. The van der Waals surface area contributed by atoms with Crippen LogP contribution in [0.25, 0.3) is 0 Å². The number of hydrogen-bond donors (Lipinski definition) is 0. The Balaban J connectivity index is 2.12. The van der Waals surface area contributed by atoms with Crippen molar-refractivity contribution in [3.05, 3.63) is 16.5 Å². The summed E-state index contributed by atoms with van der Waals surface area (Å²) in [6.45, 7) is 3.27. The molecule has 1 aliphatic carbocycles. The van der Waals surface area contributed by atoms with Crippen LogP contribution < -0.4 is 4.90 Å². The fourth-order valence-electron chi connectivity index (χ4n) is 1.65. The molecule has 0 amide bonds. The number of unbranched alkanes of at least 4 members (excludes halogenated alkanes) is 1. The minimum atomic E-state index is 0.607. The predicted octanol–water partition coefficient (Wildman–Crippen LogP) is 3.35. The molecule has 1 aromatic rings. The fourth-order valence-corrected chi connectivity index (χ4v) is 2.04. The van der Waals surface area contributed by atoms with Gasteiger partial charge >= 0.3 is 0 Å². The first-order chi connectivity index (χ1) is 7.70. The molecular formula is C12H18BrN3. The smallest absolute Gasteiger partial charge is 0.135 e. The van der Waals surface area contributed by atoms with E-state index in [0.29, 0.717) is 5.92 Å². The number of halogens is 1. The van der Waals surface area contributed by atoms with E-state index in [0.717, 1.165) is 22.8 Å². The molecule has 1 fully saturated rings. The van der Waals surface area contributed by atoms with Gasteiger partial charge in [-0.1, -0.05) is 13.3 Å². The highest BCUT2D eigenvalue weighted by atomic mass is 79.9. The monoisotopic (exact) mass is 283 g/mol. The third kappa shape index (κ3) is 2.94. The molecule has 0 spiro atoms. The van der Waals surface area contributed by atoms with Gasteiger partial charge in [0.2, 0.25) is 0 Å². The van der Waals surface area contributed by atoms with Crippen LogP contribution in [0.5, 0.6) is 0 Å². The molecule has 88 valence electrons. The highest BCUT2D eigenvalue weighted by molar-refractivity contribution is 9.10. The molecule has 0 saturated heterocycles. The standard InChI is InChI=1S/C12H18BrN3/c1-3-4-7-16(2)11-8-10(13)14-12(15-11)9-5-6-9/h8-9H,3-7H2,1-2H3. The van der Waals surface area contributed by atoms with Crippen molar-refractivity contribution in [2.75, 3.05) is 18.5 Å². The molecule has 0 N–H and O–H groups in total. The first-order valence-corrected chi connectivity index (χ1v) is 6.75. The lowest BCUT2D eigenvalue weighted by atomic mass is 10.3. The molecule has 3 nitrogen and oxygen atoms in total. The van der Waals surface area contributed by atoms with Crippen LogP contribution in [0, 0.1) is 0 Å². The van der Waals surface area contributed by atoms with E-state index in [1.54, 1.807) is 0 Å². The van der Waals surface area contributed by atoms with Gasteiger partial charge in [0.25, 0.3) is 0 Å². The maximum absolute atomic E-state index is 4.63. The molecule has 0 aromatic carbocycles. The molecule has 0 aliphatic heterocycles. The summed E-state index contributed by atoms with van der Waals surface area (Å²) in [5, 5.41) is 0. The van der Waals surface area contributed by atoms with Gasteiger partial charge in [-0.3, -0.25) is 0 Å². The van der Waals surface area contributed by atoms with Crippen LogP contribution in [-0.2, 0) is 0 Å². The van der Waals surface area contributed by atoms with E-state index in [-0.39, 0.29) is 0 Å². The van der Waals surface area contributed by atoms with Crippen molar-refractivity contribution >= 4 is 21.7 Å². The molecule has 1 saturated carbocycles. The van der Waals surface area contributed by atoms with Gasteiger partial charge in [0.1, 0.15) is 16.2 Å². The Morgan fingerprint density at radius 2 is 2.19 bits per heavy atom. The number of anilines is 1. The van der Waals surface area contributed by atoms with Gasteiger partial charge in [-0.05, 0) is 35.2 Å². The van der Waals surface area contributed by atoms with Crippen LogP contribution in [0.1, 0.15) is 44.3 Å². The van der Waals surface area contributed by atoms with E-state index < -0.39 is 0 Å². The van der Waals surface area contributed by atoms with Crippen molar-refractivity contribution in [1.82, 2.24) is 9.97 Å². The van der Waals surface area contributed by atoms with Crippen LogP contribution in [0.2, 0.25) is 0 Å². The lowest BCUT2D eigenvalue weighted by Crippen LogP contribution is -2.20. The zero-order valence-corrected chi connectivity index (χ0v) is 11.5. The summed E-state index contributed by atoms with van der Waals surface area (Å²) in [4.78, 5) is 11.3. The van der Waals surface area contributed by atoms with E-state index in [1.807, 2.05) is 6.07 Å². The Labute approximate surface area is 105 Å². The van der Waals surface area contributed by atoms with E-state index in [1.165, 1.54) is 25.7 Å². The Kier molecular flexibility index (Phi) is 3.79. The molecule has 2 rings (SSSR count). The Morgan fingerprint density at radius 1 is 1.44 bits per heavy atom. The summed E-state index contributed by atoms with van der Waals surface area (Å²) in [6.07, 6.45) is 4.91. The topological polar surface area (TPSA) is 29.0 Å². The van der Waals surface area contributed by atoms with E-state index in [9.17, 15) is 0 Å². The van der Waals surface area contributed by atoms with Gasteiger partial charge in [-0.2, -0.15) is 0 Å². The summed E-state index contributed by atoms with van der Waals surface area (Å²) in [6, 6.07) is 2.00. The van der Waals surface area contributed by atoms with Crippen molar-refractivity contribution in [2.24, 2.45) is 0 Å². The molecule has 4 heteroatoms. The van der Waals surface area contributed by atoms with Crippen molar-refractivity contribution in [3.63, 3.8) is 0 Å². The molecular weight excluding hydrogens is 266 g/mol. The van der Waals surface area contributed by atoms with Gasteiger partial charge in [0.05, 0.1) is 0 Å². The second-order valence-electron chi connectivity index (χ2n) is 4.46. The molecule has 1 heterocycles. The van der Waals surface area contributed by atoms with Crippen molar-refractivity contribution in [1.29, 1.82) is 0 Å². The number of hydrogen-bond acceptors (Lipinski definition) is 3. The Bertz CT molecular complexity index is 363. The van der Waals surface area contributed by atoms with Gasteiger partial charge in [-0.25, -0.2) is 9.97 Å². The summed E-state index contributed by atoms with van der Waals surface area (Å²) in [5.41, 5.74) is 0. The van der Waals surface area contributed by atoms with Crippen LogP contribution >= 0.6 is 15.9 Å². The van der Waals surface area contributed by atoms with Crippen molar-refractivity contribution in [2.45, 2.75) is 38.5 Å². The molecule has 0 unspecified atom stereocenters. The van der Waals surface area contributed by atoms with E-state index in [4.69, 9.17) is 0 Å². The first-order valence-electron chi connectivity index (χ1n) is 5.96. The van der Waals surface area contributed by atoms with Gasteiger partial charge in [0.15, 0.2) is 0 Å². The lowest BCUT2D eigenvalue weighted by molar-refractivity contribution is 0.752. The lowest BCUT2D eigenvalue weighted by Gasteiger charge is -2.18. The summed E-state index contributed by atoms with van der Waals surface area (Å²) in [5.74, 6) is 2.65. The average Bonchev–Trinajstić information content (AvgIpc) is 3.08. The van der Waals surface area contributed by atoms with Crippen molar-refractivity contribution < 1.29 is 0 Å². The molecule has 0 radical (unpaired) electrons. The Morgan fingerprint density at radius 3 is 2.81 bits per heavy atom. The van der Waals surface area contributed by atoms with Crippen LogP contribution in [-0.4, -0.2) is 23.6 Å². The van der Waals surface area contributed by atoms with Crippen LogP contribution in [0.3, 0.4) is 0 Å². The van der Waals surface area contributed by atoms with Gasteiger partial charge in [-0.15, -0.1) is 0 Å². The Hall–Kier alpha value is -0.640. The summed E-state index contributed by atoms with van der Waals surface area (Å²) >= 11 is 3.47. The largest absolute Gasteiger partial charge is 0.360 e. The maximum atomic E-state index is 4.63. The molecule has 0 atom stereocenters. The molecule has 16 heavy (non-hydrogen) atoms. The first kappa shape index (κ1) is 11.8. The highest BCUT2D eigenvalue weighted by Gasteiger charge is 2.27. The fraction of sp³-hybridized carbons (Fsp3) is 0.667. The molecule has 1 aromatic heterocycles. The van der Waals surface area contributed by atoms with Crippen molar-refractivity contribution in [3.8, 4) is 0 Å². The van der Waals surface area contributed by atoms with Crippen LogP contribution in [0.15, 0.2) is 10.7 Å². The summed E-state index contributed by atoms with van der Waals surface area (Å²) < 4.78 is 0.905. The second kappa shape index (κ2) is 5.13. The number of nitrogens with zero attached hydrogens (tertiary/aromatic N) is 3. The third-order valence-electron chi connectivity index (χ3n) is 2.88. The van der Waals surface area contributed by atoms with Gasteiger partial charge in [0, 0.05) is 25.6 Å². The SMILES string of the molecule is CCCCN(C)c1cc(Br)nc(C2CC2)n1. The second-order valence-corrected chi connectivity index (χ2v) is 5.27. The maximum Gasteiger partial charge on any atom is 0.135 e. The third-order valence-corrected chi connectivity index (χ3v) is 3.29. The predicted molar refractivity (Wildman–Crippen MR) is 69.9 cm³/mol. The van der Waals surface area contributed by atoms with E-state index >= 15 is 0 Å². The van der Waals surface area contributed by atoms with Gasteiger partial charge < -0.3 is 4.90 Å². The minimum Gasteiger partial charge on any atom is -0.360 e. The zero-order chi connectivity index (χ0) is 11.5. The quantitative estimate of drug-likeness (QED) is 0.776. The average molecular weight is 284 g/mol. The minimum absolute atomic E-state index is 0.607. The normalized spacial score (nSPS) is 15.2. The summed E-state index contributed by atoms with van der Waals surface area (Å²) in [7, 11) is 2.10. The van der Waals surface area contributed by atoms with E-state index in [2.05, 4.69) is 44.8 Å². The number of rotatable bonds is 5. The zero-order valence-electron chi connectivity index (χ0n) is 9.91. The molecule has 0 bridgehead atoms. The van der Waals surface area contributed by atoms with Crippen LogP contribution in [0.4, 0.5) is 5.82 Å².